The van der Waals surface area contributed by atoms with Gasteiger partial charge in [0.2, 0.25) is 0 Å². The second kappa shape index (κ2) is 6.99. The molecule has 2 unspecified atom stereocenters. The van der Waals surface area contributed by atoms with Gasteiger partial charge in [-0.15, -0.1) is 12.4 Å². The van der Waals surface area contributed by atoms with Gasteiger partial charge in [0, 0.05) is 40.7 Å². The smallest absolute Gasteiger partial charge is 0.0490 e. The zero-order chi connectivity index (χ0) is 10.5. The Morgan fingerprint density at radius 2 is 2.19 bits per heavy atom. The average molecular weight is 261 g/mol. The summed E-state index contributed by atoms with van der Waals surface area (Å²) >= 11 is 0. The lowest BCUT2D eigenvalue weighted by molar-refractivity contribution is 0.519. The molecule has 1 N–H and O–H groups in total. The van der Waals surface area contributed by atoms with E-state index in [0.717, 1.165) is 31.5 Å². The minimum absolute atomic E-state index is 0. The lowest BCUT2D eigenvalue weighted by Crippen LogP contribution is -2.36. The zero-order valence-corrected chi connectivity index (χ0v) is 10.7. The minimum atomic E-state index is -0.748. The first-order valence-corrected chi connectivity index (χ1v) is 6.71. The van der Waals surface area contributed by atoms with Crippen molar-refractivity contribution in [1.82, 2.24) is 10.3 Å². The molecular formula is C11H17ClN2OS. The normalized spacial score (nSPS) is 22.1. The highest BCUT2D eigenvalue weighted by atomic mass is 35.5. The molecule has 0 saturated carbocycles. The molecule has 1 aromatic heterocycles. The Hall–Kier alpha value is -0.450. The molecule has 2 atom stereocenters. The Morgan fingerprint density at radius 3 is 2.81 bits per heavy atom. The maximum Gasteiger partial charge on any atom is 0.0490 e. The van der Waals surface area contributed by atoms with Gasteiger partial charge in [-0.05, 0) is 37.1 Å². The lowest BCUT2D eigenvalue weighted by Gasteiger charge is -2.21. The van der Waals surface area contributed by atoms with Crippen molar-refractivity contribution >= 4 is 23.2 Å². The molecule has 1 aliphatic rings. The van der Waals surface area contributed by atoms with Gasteiger partial charge in [-0.2, -0.15) is 0 Å². The summed E-state index contributed by atoms with van der Waals surface area (Å²) in [5.74, 6) is 0.662. The van der Waals surface area contributed by atoms with Crippen LogP contribution in [0, 0.1) is 0 Å². The van der Waals surface area contributed by atoms with Crippen LogP contribution in [0.5, 0.6) is 0 Å². The molecule has 0 aliphatic carbocycles. The summed E-state index contributed by atoms with van der Waals surface area (Å²) in [5, 5.41) is 3.62. The van der Waals surface area contributed by atoms with Crippen molar-refractivity contribution in [3.63, 3.8) is 0 Å². The number of hydrogen-bond acceptors (Lipinski definition) is 3. The molecule has 0 bridgehead atoms. The third kappa shape index (κ3) is 3.85. The number of nitrogens with zero attached hydrogens (tertiary/aromatic N) is 1. The van der Waals surface area contributed by atoms with Gasteiger partial charge >= 0.3 is 0 Å². The van der Waals surface area contributed by atoms with E-state index in [4.69, 9.17) is 0 Å². The number of hydrogen-bond donors (Lipinski definition) is 1. The van der Waals surface area contributed by atoms with Gasteiger partial charge in [-0.1, -0.05) is 0 Å². The topological polar surface area (TPSA) is 42.0 Å². The highest BCUT2D eigenvalue weighted by Gasteiger charge is 2.19. The third-order valence-electron chi connectivity index (χ3n) is 2.68. The van der Waals surface area contributed by atoms with Crippen molar-refractivity contribution in [2.45, 2.75) is 23.8 Å². The lowest BCUT2D eigenvalue weighted by atomic mass is 10.2. The maximum absolute atomic E-state index is 12.0. The molecule has 1 aromatic rings. The van der Waals surface area contributed by atoms with E-state index in [1.54, 1.807) is 12.4 Å². The van der Waals surface area contributed by atoms with Crippen LogP contribution in [-0.2, 0) is 16.6 Å². The van der Waals surface area contributed by atoms with Crippen LogP contribution in [0.4, 0.5) is 0 Å². The molecule has 90 valence electrons. The summed E-state index contributed by atoms with van der Waals surface area (Å²) in [7, 11) is -0.748. The molecule has 0 spiro atoms. The summed E-state index contributed by atoms with van der Waals surface area (Å²) < 4.78 is 12.0. The highest BCUT2D eigenvalue weighted by molar-refractivity contribution is 7.84. The molecule has 1 aliphatic heterocycles. The van der Waals surface area contributed by atoms with E-state index in [1.807, 2.05) is 12.1 Å². The molecule has 3 nitrogen and oxygen atoms in total. The van der Waals surface area contributed by atoms with Crippen LogP contribution < -0.4 is 5.32 Å². The van der Waals surface area contributed by atoms with E-state index in [2.05, 4.69) is 10.3 Å². The first-order valence-electron chi connectivity index (χ1n) is 5.33. The molecule has 16 heavy (non-hydrogen) atoms. The number of aromatic nitrogens is 1. The van der Waals surface area contributed by atoms with Gasteiger partial charge in [0.15, 0.2) is 0 Å². The molecule has 2 heterocycles. The van der Waals surface area contributed by atoms with E-state index in [9.17, 15) is 4.21 Å². The highest BCUT2D eigenvalue weighted by Crippen LogP contribution is 2.12. The van der Waals surface area contributed by atoms with Crippen LogP contribution >= 0.6 is 12.4 Å². The monoisotopic (exact) mass is 260 g/mol. The molecular weight excluding hydrogens is 244 g/mol. The summed E-state index contributed by atoms with van der Waals surface area (Å²) in [6.07, 6.45) is 5.74. The fourth-order valence-corrected chi connectivity index (χ4v) is 3.30. The molecule has 0 amide bonds. The SMILES string of the molecule is Cl.O=S(Cc1ccncc1)C1CCCNC1. The van der Waals surface area contributed by atoms with Crippen LogP contribution in [0.15, 0.2) is 24.5 Å². The van der Waals surface area contributed by atoms with Crippen molar-refractivity contribution in [1.29, 1.82) is 0 Å². The Labute approximate surface area is 105 Å². The van der Waals surface area contributed by atoms with Gasteiger partial charge < -0.3 is 5.32 Å². The summed E-state index contributed by atoms with van der Waals surface area (Å²) in [6, 6.07) is 3.88. The first kappa shape index (κ1) is 13.6. The largest absolute Gasteiger partial charge is 0.316 e. The standard InChI is InChI=1S/C11H16N2OS.ClH/c14-15(11-2-1-5-13-8-11)9-10-3-6-12-7-4-10;/h3-4,6-7,11,13H,1-2,5,8-9H2;1H. The van der Waals surface area contributed by atoms with Crippen molar-refractivity contribution in [2.24, 2.45) is 0 Å². The van der Waals surface area contributed by atoms with Gasteiger partial charge in [0.25, 0.3) is 0 Å². The minimum Gasteiger partial charge on any atom is -0.316 e. The fraction of sp³-hybridized carbons (Fsp3) is 0.545. The fourth-order valence-electron chi connectivity index (χ4n) is 1.81. The van der Waals surface area contributed by atoms with Crippen molar-refractivity contribution in [3.05, 3.63) is 30.1 Å². The van der Waals surface area contributed by atoms with Crippen LogP contribution in [0.1, 0.15) is 18.4 Å². The van der Waals surface area contributed by atoms with Crippen LogP contribution in [-0.4, -0.2) is 27.5 Å². The van der Waals surface area contributed by atoms with E-state index in [-0.39, 0.29) is 12.4 Å². The zero-order valence-electron chi connectivity index (χ0n) is 9.09. The predicted octanol–water partition coefficient (Wildman–Crippen LogP) is 1.50. The van der Waals surface area contributed by atoms with E-state index >= 15 is 0 Å². The Bertz CT molecular complexity index is 328. The van der Waals surface area contributed by atoms with Crippen molar-refractivity contribution in [2.75, 3.05) is 13.1 Å². The molecule has 0 aromatic carbocycles. The second-order valence-electron chi connectivity index (χ2n) is 3.85. The molecule has 1 fully saturated rings. The summed E-state index contributed by atoms with van der Waals surface area (Å²) in [5.41, 5.74) is 1.12. The number of pyridine rings is 1. The quantitative estimate of drug-likeness (QED) is 0.896. The molecule has 2 rings (SSSR count). The van der Waals surface area contributed by atoms with Crippen molar-refractivity contribution < 1.29 is 4.21 Å². The van der Waals surface area contributed by atoms with Crippen LogP contribution in [0.3, 0.4) is 0 Å². The van der Waals surface area contributed by atoms with Crippen LogP contribution in [0.2, 0.25) is 0 Å². The number of rotatable bonds is 3. The van der Waals surface area contributed by atoms with Gasteiger partial charge in [0.1, 0.15) is 0 Å². The van der Waals surface area contributed by atoms with Gasteiger partial charge in [-0.25, -0.2) is 0 Å². The van der Waals surface area contributed by atoms with Gasteiger partial charge in [-0.3, -0.25) is 9.19 Å². The third-order valence-corrected chi connectivity index (χ3v) is 4.45. The van der Waals surface area contributed by atoms with Gasteiger partial charge in [0.05, 0.1) is 0 Å². The Morgan fingerprint density at radius 1 is 1.44 bits per heavy atom. The second-order valence-corrected chi connectivity index (χ2v) is 5.57. The molecule has 5 heteroatoms. The van der Waals surface area contributed by atoms with E-state index < -0.39 is 10.8 Å². The number of nitrogens with one attached hydrogen (secondary N) is 1. The maximum atomic E-state index is 12.0. The average Bonchev–Trinajstić information content (AvgIpc) is 2.31. The summed E-state index contributed by atoms with van der Waals surface area (Å²) in [4.78, 5) is 3.95. The number of halogens is 1. The Kier molecular flexibility index (Phi) is 5.95. The first-order chi connectivity index (χ1) is 7.36. The molecule has 1 saturated heterocycles. The molecule has 0 radical (unpaired) electrons. The van der Waals surface area contributed by atoms with E-state index in [1.165, 1.54) is 0 Å². The van der Waals surface area contributed by atoms with E-state index in [0.29, 0.717) is 11.0 Å². The van der Waals surface area contributed by atoms with Crippen LogP contribution in [0.25, 0.3) is 0 Å². The van der Waals surface area contributed by atoms with Crippen molar-refractivity contribution in [3.8, 4) is 0 Å². The predicted molar refractivity (Wildman–Crippen MR) is 69.2 cm³/mol. The Balaban J connectivity index is 0.00000128. The summed E-state index contributed by atoms with van der Waals surface area (Å²) in [6.45, 7) is 1.97. The number of piperidine rings is 1.